The lowest BCUT2D eigenvalue weighted by Crippen LogP contribution is -2.23. The summed E-state index contributed by atoms with van der Waals surface area (Å²) in [7, 11) is 3.90. The molecule has 0 saturated heterocycles. The van der Waals surface area contributed by atoms with Crippen LogP contribution in [0.5, 0.6) is 0 Å². The van der Waals surface area contributed by atoms with Crippen LogP contribution < -0.4 is 0 Å². The van der Waals surface area contributed by atoms with Gasteiger partial charge in [0, 0.05) is 26.4 Å². The molecule has 1 aliphatic heterocycles. The predicted molar refractivity (Wildman–Crippen MR) is 83.8 cm³/mol. The molecule has 0 bridgehead atoms. The second-order valence-corrected chi connectivity index (χ2v) is 5.97. The number of ether oxygens (including phenoxy) is 1. The summed E-state index contributed by atoms with van der Waals surface area (Å²) in [4.78, 5) is 7.02. The zero-order chi connectivity index (χ0) is 14.7. The maximum atomic E-state index is 5.44. The number of hydrogen-bond donors (Lipinski definition) is 0. The highest BCUT2D eigenvalue weighted by molar-refractivity contribution is 5.66. The molecule has 2 rings (SSSR count). The minimum atomic E-state index is 0.0490. The Morgan fingerprint density at radius 3 is 2.60 bits per heavy atom. The van der Waals surface area contributed by atoms with Crippen molar-refractivity contribution in [2.75, 3.05) is 27.2 Å². The molecular weight excluding hydrogens is 248 g/mol. The Morgan fingerprint density at radius 2 is 2.05 bits per heavy atom. The first kappa shape index (κ1) is 15.2. The first-order chi connectivity index (χ1) is 9.52. The second kappa shape index (κ2) is 6.51. The van der Waals surface area contributed by atoms with Crippen molar-refractivity contribution >= 4 is 5.57 Å². The molecule has 0 aliphatic carbocycles. The third kappa shape index (κ3) is 3.28. The molecule has 3 heteroatoms. The van der Waals surface area contributed by atoms with Gasteiger partial charge < -0.3 is 9.64 Å². The zero-order valence-electron chi connectivity index (χ0n) is 13.3. The Bertz CT molecular complexity index is 494. The second-order valence-electron chi connectivity index (χ2n) is 5.97. The van der Waals surface area contributed by atoms with Crippen molar-refractivity contribution in [2.24, 2.45) is 0 Å². The quantitative estimate of drug-likeness (QED) is 0.838. The van der Waals surface area contributed by atoms with Crippen molar-refractivity contribution in [2.45, 2.75) is 39.2 Å². The molecule has 0 radical (unpaired) electrons. The van der Waals surface area contributed by atoms with Gasteiger partial charge in [0.05, 0.1) is 11.8 Å². The molecule has 1 aromatic rings. The van der Waals surface area contributed by atoms with Gasteiger partial charge >= 0.3 is 0 Å². The summed E-state index contributed by atoms with van der Waals surface area (Å²) in [5.41, 5.74) is 5.07. The molecule has 0 spiro atoms. The van der Waals surface area contributed by atoms with Gasteiger partial charge in [-0.15, -0.1) is 0 Å². The summed E-state index contributed by atoms with van der Waals surface area (Å²) in [6, 6.07) is 2.31. The van der Waals surface area contributed by atoms with Crippen LogP contribution in [0.3, 0.4) is 0 Å². The molecule has 1 unspecified atom stereocenters. The van der Waals surface area contributed by atoms with Gasteiger partial charge in [-0.25, -0.2) is 0 Å². The number of methoxy groups -OCH3 is 1. The number of rotatable bonds is 4. The molecule has 0 amide bonds. The highest BCUT2D eigenvalue weighted by Crippen LogP contribution is 2.29. The lowest BCUT2D eigenvalue weighted by Gasteiger charge is -2.23. The molecule has 1 aliphatic rings. The standard InChI is InChI=1S/C17H26N2O/c1-12(2)16-10-15(11-18-17(16)13(3)20-5)14-6-8-19(4)9-7-14/h6,10-13H,7-9H2,1-5H3. The molecule has 0 saturated carbocycles. The molecule has 0 aromatic carbocycles. The van der Waals surface area contributed by atoms with Crippen LogP contribution in [0.15, 0.2) is 18.3 Å². The fraction of sp³-hybridized carbons (Fsp3) is 0.588. The smallest absolute Gasteiger partial charge is 0.0965 e. The summed E-state index contributed by atoms with van der Waals surface area (Å²) in [6.45, 7) is 8.65. The first-order valence-electron chi connectivity index (χ1n) is 7.43. The number of pyridine rings is 1. The van der Waals surface area contributed by atoms with Crippen LogP contribution in [0.25, 0.3) is 5.57 Å². The number of aromatic nitrogens is 1. The fourth-order valence-electron chi connectivity index (χ4n) is 2.61. The van der Waals surface area contributed by atoms with Gasteiger partial charge in [-0.1, -0.05) is 19.9 Å². The van der Waals surface area contributed by atoms with E-state index in [0.29, 0.717) is 5.92 Å². The summed E-state index contributed by atoms with van der Waals surface area (Å²) in [6.07, 6.45) is 5.49. The summed E-state index contributed by atoms with van der Waals surface area (Å²) < 4.78 is 5.44. The van der Waals surface area contributed by atoms with E-state index in [1.54, 1.807) is 7.11 Å². The molecule has 1 aromatic heterocycles. The van der Waals surface area contributed by atoms with E-state index in [9.17, 15) is 0 Å². The van der Waals surface area contributed by atoms with Crippen LogP contribution in [0.2, 0.25) is 0 Å². The average Bonchev–Trinajstić information content (AvgIpc) is 2.46. The first-order valence-corrected chi connectivity index (χ1v) is 7.43. The fourth-order valence-corrected chi connectivity index (χ4v) is 2.61. The van der Waals surface area contributed by atoms with Gasteiger partial charge in [0.25, 0.3) is 0 Å². The maximum absolute atomic E-state index is 5.44. The summed E-state index contributed by atoms with van der Waals surface area (Å²) in [5, 5.41) is 0. The van der Waals surface area contributed by atoms with Crippen LogP contribution in [0, 0.1) is 0 Å². The van der Waals surface area contributed by atoms with Gasteiger partial charge in [0.2, 0.25) is 0 Å². The highest BCUT2D eigenvalue weighted by atomic mass is 16.5. The van der Waals surface area contributed by atoms with Crippen molar-refractivity contribution in [3.8, 4) is 0 Å². The van der Waals surface area contributed by atoms with E-state index < -0.39 is 0 Å². The molecule has 20 heavy (non-hydrogen) atoms. The number of hydrogen-bond acceptors (Lipinski definition) is 3. The van der Waals surface area contributed by atoms with Gasteiger partial charge in [0.1, 0.15) is 0 Å². The molecule has 2 heterocycles. The van der Waals surface area contributed by atoms with Crippen molar-refractivity contribution in [3.05, 3.63) is 35.2 Å². The molecular formula is C17H26N2O. The lowest BCUT2D eigenvalue weighted by molar-refractivity contribution is 0.115. The van der Waals surface area contributed by atoms with E-state index in [2.05, 4.69) is 49.8 Å². The Hall–Kier alpha value is -1.19. The van der Waals surface area contributed by atoms with Gasteiger partial charge in [-0.3, -0.25) is 4.98 Å². The maximum Gasteiger partial charge on any atom is 0.0965 e. The Labute approximate surface area is 122 Å². The minimum absolute atomic E-state index is 0.0490. The van der Waals surface area contributed by atoms with Crippen molar-refractivity contribution in [3.63, 3.8) is 0 Å². The van der Waals surface area contributed by atoms with E-state index >= 15 is 0 Å². The predicted octanol–water partition coefficient (Wildman–Crippen LogP) is 3.63. The highest BCUT2D eigenvalue weighted by Gasteiger charge is 2.17. The largest absolute Gasteiger partial charge is 0.375 e. The van der Waals surface area contributed by atoms with E-state index in [-0.39, 0.29) is 6.10 Å². The zero-order valence-corrected chi connectivity index (χ0v) is 13.3. The van der Waals surface area contributed by atoms with Crippen LogP contribution in [0.4, 0.5) is 0 Å². The SMILES string of the molecule is COC(C)c1ncc(C2=CCN(C)CC2)cc1C(C)C. The van der Waals surface area contributed by atoms with Crippen molar-refractivity contribution < 1.29 is 4.74 Å². The minimum Gasteiger partial charge on any atom is -0.375 e. The van der Waals surface area contributed by atoms with E-state index in [1.807, 2.05) is 6.20 Å². The summed E-state index contributed by atoms with van der Waals surface area (Å²) >= 11 is 0. The normalized spacial score (nSPS) is 18.2. The summed E-state index contributed by atoms with van der Waals surface area (Å²) in [5.74, 6) is 0.460. The van der Waals surface area contributed by atoms with Gasteiger partial charge in [0.15, 0.2) is 0 Å². The van der Waals surface area contributed by atoms with Gasteiger partial charge in [-0.2, -0.15) is 0 Å². The van der Waals surface area contributed by atoms with E-state index in [4.69, 9.17) is 4.74 Å². The molecule has 110 valence electrons. The van der Waals surface area contributed by atoms with Crippen LogP contribution >= 0.6 is 0 Å². The molecule has 3 nitrogen and oxygen atoms in total. The van der Waals surface area contributed by atoms with Crippen LogP contribution in [-0.4, -0.2) is 37.1 Å². The van der Waals surface area contributed by atoms with Crippen LogP contribution in [-0.2, 0) is 4.74 Å². The molecule has 0 N–H and O–H groups in total. The van der Waals surface area contributed by atoms with E-state index in [0.717, 1.165) is 25.2 Å². The monoisotopic (exact) mass is 274 g/mol. The Morgan fingerprint density at radius 1 is 1.30 bits per heavy atom. The van der Waals surface area contributed by atoms with E-state index in [1.165, 1.54) is 16.7 Å². The van der Waals surface area contributed by atoms with Crippen molar-refractivity contribution in [1.29, 1.82) is 0 Å². The van der Waals surface area contributed by atoms with Gasteiger partial charge in [-0.05, 0) is 49.1 Å². The molecule has 0 fully saturated rings. The number of nitrogens with zero attached hydrogens (tertiary/aromatic N) is 2. The lowest BCUT2D eigenvalue weighted by atomic mass is 9.93. The topological polar surface area (TPSA) is 25.4 Å². The van der Waals surface area contributed by atoms with Crippen molar-refractivity contribution in [1.82, 2.24) is 9.88 Å². The molecule has 1 atom stereocenters. The average molecular weight is 274 g/mol. The third-order valence-electron chi connectivity index (χ3n) is 4.09. The van der Waals surface area contributed by atoms with Crippen LogP contribution in [0.1, 0.15) is 56.0 Å². The Kier molecular flexibility index (Phi) is 4.95. The Balaban J connectivity index is 2.35. The third-order valence-corrected chi connectivity index (χ3v) is 4.09. The number of likely N-dealkylation sites (N-methyl/N-ethyl adjacent to an activating group) is 1.